The van der Waals surface area contributed by atoms with Crippen molar-refractivity contribution < 1.29 is 14.7 Å². The summed E-state index contributed by atoms with van der Waals surface area (Å²) in [5.41, 5.74) is -0.0788. The average molecular weight is 473 g/mol. The molecule has 178 valence electrons. The highest BCUT2D eigenvalue weighted by Gasteiger charge is 2.50. The van der Waals surface area contributed by atoms with E-state index in [2.05, 4.69) is 15.3 Å². The second-order valence-electron chi connectivity index (χ2n) is 10.1. The highest BCUT2D eigenvalue weighted by Crippen LogP contribution is 2.46. The van der Waals surface area contributed by atoms with Crippen LogP contribution in [0.4, 0.5) is 0 Å². The standard InChI is InChI=1S/C25H33ClN4O3/c1-24(2)15-30(12-11-25(24,33)18-7-9-19(26)10-8-18)23(32)21(13-20-14-27-16-28-20)29-22(31)17-5-3-4-6-17/h7-10,14,16-17,21,33H,3-6,11-13,15H2,1-2H3,(H,27,28)(H,29,31)/t21-,25+/m1/s1. The number of hydrogen-bond donors (Lipinski definition) is 3. The maximum Gasteiger partial charge on any atom is 0.245 e. The van der Waals surface area contributed by atoms with Crippen molar-refractivity contribution in [1.29, 1.82) is 0 Å². The highest BCUT2D eigenvalue weighted by molar-refractivity contribution is 6.30. The molecule has 33 heavy (non-hydrogen) atoms. The van der Waals surface area contributed by atoms with E-state index < -0.39 is 17.1 Å². The zero-order chi connectivity index (χ0) is 23.6. The highest BCUT2D eigenvalue weighted by atomic mass is 35.5. The first-order valence-corrected chi connectivity index (χ1v) is 12.1. The lowest BCUT2D eigenvalue weighted by molar-refractivity contribution is -0.156. The molecule has 1 aromatic carbocycles. The molecule has 1 aliphatic heterocycles. The van der Waals surface area contributed by atoms with Crippen LogP contribution in [0.15, 0.2) is 36.8 Å². The Balaban J connectivity index is 1.51. The largest absolute Gasteiger partial charge is 0.384 e. The van der Waals surface area contributed by atoms with E-state index in [0.29, 0.717) is 31.0 Å². The number of nitrogens with one attached hydrogen (secondary N) is 2. The molecule has 4 rings (SSSR count). The molecule has 2 heterocycles. The molecule has 3 N–H and O–H groups in total. The van der Waals surface area contributed by atoms with E-state index in [4.69, 9.17) is 11.6 Å². The topological polar surface area (TPSA) is 98.3 Å². The van der Waals surface area contributed by atoms with Crippen LogP contribution >= 0.6 is 11.6 Å². The molecule has 2 aromatic rings. The van der Waals surface area contributed by atoms with Gasteiger partial charge in [0.15, 0.2) is 0 Å². The third-order valence-corrected chi connectivity index (χ3v) is 7.65. The van der Waals surface area contributed by atoms with Gasteiger partial charge in [-0.15, -0.1) is 0 Å². The van der Waals surface area contributed by atoms with Crippen molar-refractivity contribution in [2.45, 2.75) is 64.0 Å². The number of rotatable bonds is 6. The Morgan fingerprint density at radius 2 is 1.97 bits per heavy atom. The van der Waals surface area contributed by atoms with Crippen LogP contribution in [0.1, 0.15) is 57.2 Å². The van der Waals surface area contributed by atoms with E-state index >= 15 is 0 Å². The Bertz CT molecular complexity index is 970. The Kier molecular flexibility index (Phi) is 6.82. The molecule has 0 bridgehead atoms. The summed E-state index contributed by atoms with van der Waals surface area (Å²) in [6, 6.07) is 6.59. The first-order chi connectivity index (χ1) is 15.7. The minimum atomic E-state index is -1.08. The van der Waals surface area contributed by atoms with Crippen LogP contribution in [0, 0.1) is 11.3 Å². The first-order valence-electron chi connectivity index (χ1n) is 11.7. The molecule has 8 heteroatoms. The molecule has 7 nitrogen and oxygen atoms in total. The Labute approximate surface area is 199 Å². The molecule has 2 fully saturated rings. The van der Waals surface area contributed by atoms with Gasteiger partial charge >= 0.3 is 0 Å². The molecule has 0 spiro atoms. The number of H-pyrrole nitrogens is 1. The van der Waals surface area contributed by atoms with Crippen LogP contribution in [-0.2, 0) is 21.6 Å². The molecule has 0 unspecified atom stereocenters. The Morgan fingerprint density at radius 3 is 2.58 bits per heavy atom. The number of imidazole rings is 1. The van der Waals surface area contributed by atoms with Gasteiger partial charge in [-0.1, -0.05) is 50.4 Å². The summed E-state index contributed by atoms with van der Waals surface area (Å²) in [4.78, 5) is 35.4. The Morgan fingerprint density at radius 1 is 1.27 bits per heavy atom. The van der Waals surface area contributed by atoms with Gasteiger partial charge in [-0.05, 0) is 37.0 Å². The third kappa shape index (κ3) is 4.94. The minimum Gasteiger partial charge on any atom is -0.384 e. The van der Waals surface area contributed by atoms with Crippen molar-refractivity contribution in [3.8, 4) is 0 Å². The van der Waals surface area contributed by atoms with Crippen molar-refractivity contribution in [2.75, 3.05) is 13.1 Å². The number of aromatic amines is 1. The van der Waals surface area contributed by atoms with Crippen molar-refractivity contribution in [2.24, 2.45) is 11.3 Å². The normalized spacial score (nSPS) is 23.9. The number of hydrogen-bond acceptors (Lipinski definition) is 4. The number of aliphatic hydroxyl groups is 1. The van der Waals surface area contributed by atoms with Crippen LogP contribution in [0.2, 0.25) is 5.02 Å². The van der Waals surface area contributed by atoms with Gasteiger partial charge in [-0.2, -0.15) is 0 Å². The summed E-state index contributed by atoms with van der Waals surface area (Å²) in [7, 11) is 0. The molecule has 0 radical (unpaired) electrons. The number of amides is 2. The van der Waals surface area contributed by atoms with Crippen LogP contribution in [0.3, 0.4) is 0 Å². The van der Waals surface area contributed by atoms with Crippen LogP contribution in [0.5, 0.6) is 0 Å². The molecular weight excluding hydrogens is 440 g/mol. The Hall–Kier alpha value is -2.38. The first kappa shape index (κ1) is 23.8. The van der Waals surface area contributed by atoms with Gasteiger partial charge in [0.2, 0.25) is 11.8 Å². The second kappa shape index (κ2) is 9.47. The van der Waals surface area contributed by atoms with E-state index in [1.165, 1.54) is 0 Å². The third-order valence-electron chi connectivity index (χ3n) is 7.40. The van der Waals surface area contributed by atoms with E-state index in [9.17, 15) is 14.7 Å². The van der Waals surface area contributed by atoms with Crippen molar-refractivity contribution in [3.63, 3.8) is 0 Å². The number of likely N-dealkylation sites (tertiary alicyclic amines) is 1. The number of benzene rings is 1. The van der Waals surface area contributed by atoms with Gasteiger partial charge in [0, 0.05) is 47.8 Å². The predicted octanol–water partition coefficient (Wildman–Crippen LogP) is 3.43. The molecule has 2 amide bonds. The molecule has 1 saturated carbocycles. The second-order valence-corrected chi connectivity index (χ2v) is 10.5. The average Bonchev–Trinajstić information content (AvgIpc) is 3.49. The number of aromatic nitrogens is 2. The number of nitrogens with zero attached hydrogens (tertiary/aromatic N) is 2. The summed E-state index contributed by atoms with van der Waals surface area (Å²) in [6.45, 7) is 4.73. The van der Waals surface area contributed by atoms with E-state index in [1.807, 2.05) is 26.0 Å². The molecule has 2 atom stereocenters. The number of carbonyl (C=O) groups is 2. The van der Waals surface area contributed by atoms with Crippen molar-refractivity contribution >= 4 is 23.4 Å². The minimum absolute atomic E-state index is 0.0186. The quantitative estimate of drug-likeness (QED) is 0.599. The summed E-state index contributed by atoms with van der Waals surface area (Å²) in [5.74, 6) is -0.184. The van der Waals surface area contributed by atoms with Crippen LogP contribution in [-0.4, -0.2) is 50.9 Å². The van der Waals surface area contributed by atoms with E-state index in [1.54, 1.807) is 29.6 Å². The SMILES string of the molecule is CC1(C)CN(C(=O)[C@@H](Cc2cnc[nH]2)NC(=O)C2CCCC2)CC[C@]1(O)c1ccc(Cl)cc1. The van der Waals surface area contributed by atoms with Crippen LogP contribution in [0.25, 0.3) is 0 Å². The molecular formula is C25H33ClN4O3. The monoisotopic (exact) mass is 472 g/mol. The van der Waals surface area contributed by atoms with E-state index in [0.717, 1.165) is 36.9 Å². The fraction of sp³-hybridized carbons (Fsp3) is 0.560. The zero-order valence-electron chi connectivity index (χ0n) is 19.3. The number of piperidine rings is 1. The lowest BCUT2D eigenvalue weighted by Gasteiger charge is -2.51. The summed E-state index contributed by atoms with van der Waals surface area (Å²) in [6.07, 6.45) is 7.88. The lowest BCUT2D eigenvalue weighted by Crippen LogP contribution is -2.60. The van der Waals surface area contributed by atoms with Gasteiger partial charge in [0.1, 0.15) is 6.04 Å². The lowest BCUT2D eigenvalue weighted by atomic mass is 9.66. The summed E-state index contributed by atoms with van der Waals surface area (Å²) in [5, 5.41) is 15.3. The van der Waals surface area contributed by atoms with Crippen molar-refractivity contribution in [1.82, 2.24) is 20.2 Å². The van der Waals surface area contributed by atoms with Gasteiger partial charge in [0.25, 0.3) is 0 Å². The molecule has 1 aromatic heterocycles. The fourth-order valence-corrected chi connectivity index (χ4v) is 5.41. The maximum absolute atomic E-state index is 13.6. The summed E-state index contributed by atoms with van der Waals surface area (Å²) < 4.78 is 0. The zero-order valence-corrected chi connectivity index (χ0v) is 20.1. The maximum atomic E-state index is 13.6. The predicted molar refractivity (Wildman–Crippen MR) is 127 cm³/mol. The number of carbonyl (C=O) groups excluding carboxylic acids is 2. The van der Waals surface area contributed by atoms with Crippen molar-refractivity contribution in [3.05, 3.63) is 53.1 Å². The van der Waals surface area contributed by atoms with Gasteiger partial charge < -0.3 is 20.3 Å². The van der Waals surface area contributed by atoms with E-state index in [-0.39, 0.29) is 17.7 Å². The summed E-state index contributed by atoms with van der Waals surface area (Å²) >= 11 is 6.04. The molecule has 1 saturated heterocycles. The van der Waals surface area contributed by atoms with Gasteiger partial charge in [-0.25, -0.2) is 4.98 Å². The van der Waals surface area contributed by atoms with Crippen LogP contribution < -0.4 is 5.32 Å². The fourth-order valence-electron chi connectivity index (χ4n) is 5.29. The van der Waals surface area contributed by atoms with Gasteiger partial charge in [-0.3, -0.25) is 9.59 Å². The smallest absolute Gasteiger partial charge is 0.245 e. The van der Waals surface area contributed by atoms with Gasteiger partial charge in [0.05, 0.1) is 11.9 Å². The molecule has 1 aliphatic carbocycles. The number of halogens is 1. The molecule has 2 aliphatic rings.